The number of amides is 1. The minimum absolute atomic E-state index is 0.236. The summed E-state index contributed by atoms with van der Waals surface area (Å²) in [5.74, 6) is 1.86. The summed E-state index contributed by atoms with van der Waals surface area (Å²) in [7, 11) is 0. The molecule has 0 aromatic heterocycles. The zero-order chi connectivity index (χ0) is 11.8. The molecule has 1 N–H and O–H groups in total. The lowest BCUT2D eigenvalue weighted by Gasteiger charge is -2.26. The zero-order valence-corrected chi connectivity index (χ0v) is 11.9. The molecular weight excluding hydrogens is 266 g/mol. The molecule has 0 saturated heterocycles. The van der Waals surface area contributed by atoms with Crippen LogP contribution in [-0.2, 0) is 4.79 Å². The van der Waals surface area contributed by atoms with Crippen LogP contribution < -0.4 is 5.32 Å². The average Bonchev–Trinajstić information content (AvgIpc) is 2.29. The van der Waals surface area contributed by atoms with Crippen molar-refractivity contribution in [1.82, 2.24) is 5.32 Å². The van der Waals surface area contributed by atoms with Crippen LogP contribution in [0.15, 0.2) is 0 Å². The molecule has 16 heavy (non-hydrogen) atoms. The third kappa shape index (κ3) is 5.88. The molecule has 0 aromatic rings. The van der Waals surface area contributed by atoms with Crippen LogP contribution in [0.1, 0.15) is 51.9 Å². The Balaban J connectivity index is 2.03. The Morgan fingerprint density at radius 3 is 2.56 bits per heavy atom. The Morgan fingerprint density at radius 1 is 1.25 bits per heavy atom. The van der Waals surface area contributed by atoms with Gasteiger partial charge in [0.25, 0.3) is 0 Å². The molecule has 3 heteroatoms. The summed E-state index contributed by atoms with van der Waals surface area (Å²) in [6, 6.07) is 0. The molecule has 0 bridgehead atoms. The van der Waals surface area contributed by atoms with Gasteiger partial charge >= 0.3 is 0 Å². The molecule has 1 saturated carbocycles. The number of hydrogen-bond donors (Lipinski definition) is 1. The molecular formula is C13H24BrNO. The molecule has 0 aliphatic heterocycles. The van der Waals surface area contributed by atoms with Crippen LogP contribution in [0.3, 0.4) is 0 Å². The third-order valence-corrected chi connectivity index (χ3v) is 4.07. The monoisotopic (exact) mass is 289 g/mol. The van der Waals surface area contributed by atoms with E-state index in [1.807, 2.05) is 0 Å². The molecule has 0 radical (unpaired) electrons. The lowest BCUT2D eigenvalue weighted by atomic mass is 9.83. The molecule has 0 atom stereocenters. The van der Waals surface area contributed by atoms with Crippen molar-refractivity contribution in [2.24, 2.45) is 11.8 Å². The van der Waals surface area contributed by atoms with E-state index in [2.05, 4.69) is 28.2 Å². The van der Waals surface area contributed by atoms with Gasteiger partial charge in [0.1, 0.15) is 0 Å². The summed E-state index contributed by atoms with van der Waals surface area (Å²) in [6.45, 7) is 3.23. The molecule has 94 valence electrons. The number of alkyl halides is 1. The van der Waals surface area contributed by atoms with Crippen molar-refractivity contribution < 1.29 is 4.79 Å². The van der Waals surface area contributed by atoms with Gasteiger partial charge in [0.15, 0.2) is 0 Å². The maximum absolute atomic E-state index is 11.5. The highest BCUT2D eigenvalue weighted by Crippen LogP contribution is 2.27. The number of carbonyl (C=O) groups is 1. The largest absolute Gasteiger partial charge is 0.356 e. The van der Waals surface area contributed by atoms with Gasteiger partial charge in [-0.25, -0.2) is 0 Å². The van der Waals surface area contributed by atoms with Gasteiger partial charge in [-0.1, -0.05) is 35.7 Å². The van der Waals surface area contributed by atoms with Crippen LogP contribution in [0, 0.1) is 11.8 Å². The molecule has 1 fully saturated rings. The normalized spacial score (nSPS) is 25.4. The second kappa shape index (κ2) is 8.10. The predicted octanol–water partition coefficient (Wildman–Crippen LogP) is 3.49. The van der Waals surface area contributed by atoms with Crippen molar-refractivity contribution in [3.8, 4) is 0 Å². The van der Waals surface area contributed by atoms with E-state index in [-0.39, 0.29) is 5.91 Å². The summed E-state index contributed by atoms with van der Waals surface area (Å²) in [5, 5.41) is 4.07. The van der Waals surface area contributed by atoms with E-state index in [1.165, 1.54) is 25.7 Å². The highest BCUT2D eigenvalue weighted by Gasteiger charge is 2.18. The molecule has 1 amide bonds. The molecule has 1 aliphatic carbocycles. The Bertz CT molecular complexity index is 200. The predicted molar refractivity (Wildman–Crippen MR) is 71.8 cm³/mol. The van der Waals surface area contributed by atoms with Crippen LogP contribution >= 0.6 is 15.9 Å². The Kier molecular flexibility index (Phi) is 7.10. The SMILES string of the molecule is CC1CCC(CNC(=O)CCCCBr)CC1. The fourth-order valence-electron chi connectivity index (χ4n) is 2.26. The summed E-state index contributed by atoms with van der Waals surface area (Å²) < 4.78 is 0. The van der Waals surface area contributed by atoms with Crippen molar-refractivity contribution in [3.05, 3.63) is 0 Å². The number of hydrogen-bond acceptors (Lipinski definition) is 1. The van der Waals surface area contributed by atoms with E-state index in [1.54, 1.807) is 0 Å². The highest BCUT2D eigenvalue weighted by molar-refractivity contribution is 9.09. The second-order valence-corrected chi connectivity index (χ2v) is 5.87. The zero-order valence-electron chi connectivity index (χ0n) is 10.3. The average molecular weight is 290 g/mol. The molecule has 0 heterocycles. The number of carbonyl (C=O) groups excluding carboxylic acids is 1. The first-order valence-electron chi connectivity index (χ1n) is 6.55. The van der Waals surface area contributed by atoms with Crippen LogP contribution in [0.4, 0.5) is 0 Å². The van der Waals surface area contributed by atoms with Gasteiger partial charge in [-0.15, -0.1) is 0 Å². The molecule has 1 aliphatic rings. The maximum Gasteiger partial charge on any atom is 0.220 e. The Hall–Kier alpha value is -0.0500. The smallest absolute Gasteiger partial charge is 0.220 e. The Morgan fingerprint density at radius 2 is 1.94 bits per heavy atom. The van der Waals surface area contributed by atoms with Gasteiger partial charge in [0, 0.05) is 18.3 Å². The summed E-state index contributed by atoms with van der Waals surface area (Å²) in [5.41, 5.74) is 0. The minimum atomic E-state index is 0.236. The first-order chi connectivity index (χ1) is 7.72. The van der Waals surface area contributed by atoms with E-state index in [4.69, 9.17) is 0 Å². The van der Waals surface area contributed by atoms with Gasteiger partial charge in [-0.3, -0.25) is 4.79 Å². The van der Waals surface area contributed by atoms with Gasteiger partial charge in [-0.2, -0.15) is 0 Å². The van der Waals surface area contributed by atoms with Crippen molar-refractivity contribution in [3.63, 3.8) is 0 Å². The van der Waals surface area contributed by atoms with Crippen molar-refractivity contribution >= 4 is 21.8 Å². The van der Waals surface area contributed by atoms with Crippen molar-refractivity contribution in [2.45, 2.75) is 51.9 Å². The van der Waals surface area contributed by atoms with Crippen LogP contribution in [0.2, 0.25) is 0 Å². The topological polar surface area (TPSA) is 29.1 Å². The van der Waals surface area contributed by atoms with E-state index in [0.717, 1.165) is 36.6 Å². The highest BCUT2D eigenvalue weighted by atomic mass is 79.9. The summed E-state index contributed by atoms with van der Waals surface area (Å²) >= 11 is 3.37. The van der Waals surface area contributed by atoms with E-state index in [9.17, 15) is 4.79 Å². The minimum Gasteiger partial charge on any atom is -0.356 e. The lowest BCUT2D eigenvalue weighted by molar-refractivity contribution is -0.121. The van der Waals surface area contributed by atoms with Crippen molar-refractivity contribution in [1.29, 1.82) is 0 Å². The lowest BCUT2D eigenvalue weighted by Crippen LogP contribution is -2.30. The number of halogens is 1. The van der Waals surface area contributed by atoms with Crippen LogP contribution in [0.5, 0.6) is 0 Å². The quantitative estimate of drug-likeness (QED) is 0.589. The maximum atomic E-state index is 11.5. The molecule has 2 nitrogen and oxygen atoms in total. The molecule has 1 rings (SSSR count). The molecule has 0 unspecified atom stereocenters. The van der Waals surface area contributed by atoms with Crippen LogP contribution in [0.25, 0.3) is 0 Å². The second-order valence-electron chi connectivity index (χ2n) is 5.08. The summed E-state index contributed by atoms with van der Waals surface area (Å²) in [4.78, 5) is 11.5. The van der Waals surface area contributed by atoms with E-state index >= 15 is 0 Å². The first kappa shape index (κ1) is 14.0. The fraction of sp³-hybridized carbons (Fsp3) is 0.923. The number of rotatable bonds is 6. The summed E-state index contributed by atoms with van der Waals surface area (Å²) in [6.07, 6.45) is 8.04. The van der Waals surface area contributed by atoms with Gasteiger partial charge < -0.3 is 5.32 Å². The van der Waals surface area contributed by atoms with Crippen LogP contribution in [-0.4, -0.2) is 17.8 Å². The van der Waals surface area contributed by atoms with Gasteiger partial charge in [0.2, 0.25) is 5.91 Å². The number of unbranched alkanes of at least 4 members (excludes halogenated alkanes) is 1. The van der Waals surface area contributed by atoms with Gasteiger partial charge in [-0.05, 0) is 37.5 Å². The van der Waals surface area contributed by atoms with E-state index < -0.39 is 0 Å². The third-order valence-electron chi connectivity index (χ3n) is 3.51. The van der Waals surface area contributed by atoms with Gasteiger partial charge in [0.05, 0.1) is 0 Å². The standard InChI is InChI=1S/C13H24BrNO/c1-11-5-7-12(8-6-11)10-15-13(16)4-2-3-9-14/h11-12H,2-10H2,1H3,(H,15,16). The van der Waals surface area contributed by atoms with E-state index in [0.29, 0.717) is 6.42 Å². The molecule has 0 aromatic carbocycles. The molecule has 0 spiro atoms. The first-order valence-corrected chi connectivity index (χ1v) is 7.67. The number of nitrogens with one attached hydrogen (secondary N) is 1. The van der Waals surface area contributed by atoms with Crippen molar-refractivity contribution in [2.75, 3.05) is 11.9 Å². The fourth-order valence-corrected chi connectivity index (χ4v) is 2.66. The Labute approximate surface area is 108 Å².